The van der Waals surface area contributed by atoms with Crippen molar-refractivity contribution in [3.63, 3.8) is 0 Å². The average molecular weight is 719 g/mol. The summed E-state index contributed by atoms with van der Waals surface area (Å²) in [6, 6.07) is 44.2. The Morgan fingerprint density at radius 2 is 0.962 bits per heavy atom. The minimum Gasteiger partial charge on any atom is -0.310 e. The molecule has 2 aliphatic carbocycles. The molecule has 0 heterocycles. The maximum absolute atomic E-state index is 9.29. The molecular formula is C45H30N6S2. The Kier molecular flexibility index (Phi) is 9.03. The molecular weight excluding hydrogens is 689 g/mol. The van der Waals surface area contributed by atoms with Gasteiger partial charge in [0.05, 0.1) is 34.5 Å². The Morgan fingerprint density at radius 3 is 1.55 bits per heavy atom. The van der Waals surface area contributed by atoms with E-state index in [-0.39, 0.29) is 0 Å². The highest BCUT2D eigenvalue weighted by Crippen LogP contribution is 2.38. The van der Waals surface area contributed by atoms with Gasteiger partial charge < -0.3 is 4.90 Å². The van der Waals surface area contributed by atoms with E-state index < -0.39 is 0 Å². The maximum atomic E-state index is 9.29. The van der Waals surface area contributed by atoms with Crippen molar-refractivity contribution in [2.24, 2.45) is 8.80 Å². The van der Waals surface area contributed by atoms with E-state index in [1.54, 1.807) is 12.2 Å². The van der Waals surface area contributed by atoms with Gasteiger partial charge in [-0.25, -0.2) is 8.80 Å². The molecule has 6 aromatic carbocycles. The summed E-state index contributed by atoms with van der Waals surface area (Å²) >= 11 is 8.03. The smallest absolute Gasteiger partial charge is 0.0991 e. The van der Waals surface area contributed by atoms with Crippen LogP contribution in [-0.4, -0.2) is 22.8 Å². The van der Waals surface area contributed by atoms with E-state index in [0.29, 0.717) is 28.4 Å². The highest BCUT2D eigenvalue weighted by atomic mass is 32.1. The molecule has 0 aliphatic heterocycles. The lowest BCUT2D eigenvalue weighted by Gasteiger charge is -2.26. The molecule has 6 nitrogen and oxygen atoms in total. The number of nitriles is 1. The molecule has 0 fully saturated rings. The van der Waals surface area contributed by atoms with E-state index in [1.165, 1.54) is 0 Å². The fraction of sp³-hybridized carbons (Fsp3) is 0. The number of hydrogen-bond donors (Lipinski definition) is 4. The van der Waals surface area contributed by atoms with Crippen LogP contribution in [0.3, 0.4) is 0 Å². The van der Waals surface area contributed by atoms with Crippen molar-refractivity contribution in [2.45, 2.75) is 0 Å². The van der Waals surface area contributed by atoms with Crippen molar-refractivity contribution in [2.75, 3.05) is 4.90 Å². The van der Waals surface area contributed by atoms with Crippen LogP contribution in [0.1, 0.15) is 16.7 Å². The van der Waals surface area contributed by atoms with Gasteiger partial charge in [0, 0.05) is 17.1 Å². The van der Waals surface area contributed by atoms with Crippen molar-refractivity contribution < 1.29 is 0 Å². The molecule has 0 spiro atoms. The number of nitrogens with one attached hydrogen (secondary N) is 2. The monoisotopic (exact) mass is 718 g/mol. The molecule has 252 valence electrons. The van der Waals surface area contributed by atoms with E-state index in [9.17, 15) is 5.26 Å². The molecule has 53 heavy (non-hydrogen) atoms. The summed E-state index contributed by atoms with van der Waals surface area (Å²) in [6.45, 7) is 0. The Bertz CT molecular complexity index is 2730. The standard InChI is InChI=1S/C45H30N6S2/c46-27-28-1-2-32-22-33(4-3-31(32)21-28)34-5-6-36-24-41(18-11-35(36)23-34)51(39-14-7-29(8-15-39)37-13-20-44(49-52)43(48)25-37)40-16-9-30(10-17-40)38-12-19-42(47)45(26-38)50-53/h1-26,47-48,52-53H/b47-42?,48-43?,49-44-,50-45-. The van der Waals surface area contributed by atoms with Gasteiger partial charge in [-0.1, -0.05) is 72.8 Å². The molecule has 0 aromatic heterocycles. The number of hydrogen-bond acceptors (Lipinski definition) is 8. The summed E-state index contributed by atoms with van der Waals surface area (Å²) in [5.41, 5.74) is 11.5. The first-order valence-electron chi connectivity index (χ1n) is 16.8. The molecule has 0 saturated heterocycles. The number of allylic oxidation sites excluding steroid dienone is 8. The molecule has 0 saturated carbocycles. The second-order valence-electron chi connectivity index (χ2n) is 12.7. The number of rotatable bonds is 6. The van der Waals surface area contributed by atoms with Gasteiger partial charge in [-0.15, -0.1) is 0 Å². The van der Waals surface area contributed by atoms with Gasteiger partial charge in [0.25, 0.3) is 0 Å². The van der Waals surface area contributed by atoms with Crippen molar-refractivity contribution >= 4 is 98.2 Å². The molecule has 6 aromatic rings. The highest BCUT2D eigenvalue weighted by Gasteiger charge is 2.17. The first-order valence-corrected chi connectivity index (χ1v) is 17.6. The zero-order valence-corrected chi connectivity index (χ0v) is 30.0. The van der Waals surface area contributed by atoms with Gasteiger partial charge in [0.15, 0.2) is 0 Å². The van der Waals surface area contributed by atoms with Gasteiger partial charge in [0.2, 0.25) is 0 Å². The molecule has 0 amide bonds. The van der Waals surface area contributed by atoms with Crippen LogP contribution in [0.25, 0.3) is 43.8 Å². The van der Waals surface area contributed by atoms with Crippen LogP contribution in [0.5, 0.6) is 0 Å². The third-order valence-corrected chi connectivity index (χ3v) is 9.94. The Balaban J connectivity index is 1.16. The Morgan fingerprint density at radius 1 is 0.472 bits per heavy atom. The fourth-order valence-electron chi connectivity index (χ4n) is 6.70. The molecule has 0 radical (unpaired) electrons. The van der Waals surface area contributed by atoms with Gasteiger partial charge in [-0.2, -0.15) is 5.26 Å². The summed E-state index contributed by atoms with van der Waals surface area (Å²) in [6.07, 6.45) is 11.1. The van der Waals surface area contributed by atoms with Gasteiger partial charge >= 0.3 is 0 Å². The first-order chi connectivity index (χ1) is 25.9. The number of fused-ring (bicyclic) bond motifs is 2. The lowest BCUT2D eigenvalue weighted by molar-refractivity contribution is 1.28. The lowest BCUT2D eigenvalue weighted by Crippen LogP contribution is -2.12. The van der Waals surface area contributed by atoms with E-state index >= 15 is 0 Å². The van der Waals surface area contributed by atoms with E-state index in [4.69, 9.17) is 10.8 Å². The summed E-state index contributed by atoms with van der Waals surface area (Å²) < 4.78 is 7.84. The van der Waals surface area contributed by atoms with Crippen LogP contribution in [-0.2, 0) is 0 Å². The van der Waals surface area contributed by atoms with Crippen molar-refractivity contribution in [3.8, 4) is 17.2 Å². The second kappa shape index (κ2) is 14.2. The SMILES string of the molecule is N#Cc1ccc2cc(-c3ccc4cc(N(c5ccc(C6=CC(=N)/C(=N\S)C=C6)cc5)c5ccc(C6=C/C(=N/S)C(=N)C=C6)cc5)ccc4c3)ccc2c1. The topological polar surface area (TPSA) is 99.4 Å². The molecule has 2 aliphatic rings. The third kappa shape index (κ3) is 6.67. The van der Waals surface area contributed by atoms with Crippen LogP contribution in [0.15, 0.2) is 167 Å². The maximum Gasteiger partial charge on any atom is 0.0991 e. The molecule has 0 atom stereocenters. The van der Waals surface area contributed by atoms with E-state index in [0.717, 1.165) is 72.0 Å². The minimum atomic E-state index is 0.324. The predicted molar refractivity (Wildman–Crippen MR) is 229 cm³/mol. The van der Waals surface area contributed by atoms with Crippen LogP contribution in [0, 0.1) is 22.1 Å². The van der Waals surface area contributed by atoms with Gasteiger partial charge in [-0.3, -0.25) is 10.8 Å². The number of nitrogens with zero attached hydrogens (tertiary/aromatic N) is 4. The quantitative estimate of drug-likeness (QED) is 0.102. The number of anilines is 3. The predicted octanol–water partition coefficient (Wildman–Crippen LogP) is 11.5. The summed E-state index contributed by atoms with van der Waals surface area (Å²) in [4.78, 5) is 2.24. The highest BCUT2D eigenvalue weighted by molar-refractivity contribution is 7.79. The van der Waals surface area contributed by atoms with Crippen molar-refractivity contribution in [3.05, 3.63) is 174 Å². The average Bonchev–Trinajstić information content (AvgIpc) is 3.21. The Hall–Kier alpha value is -6.53. The summed E-state index contributed by atoms with van der Waals surface area (Å²) in [7, 11) is 0. The second-order valence-corrected chi connectivity index (χ2v) is 13.1. The number of thiol groups is 2. The zero-order chi connectivity index (χ0) is 36.5. The molecule has 0 bridgehead atoms. The van der Waals surface area contributed by atoms with Crippen LogP contribution in [0.2, 0.25) is 0 Å². The van der Waals surface area contributed by atoms with E-state index in [1.807, 2.05) is 42.5 Å². The van der Waals surface area contributed by atoms with Gasteiger partial charge in [-0.05, 0) is 166 Å². The third-order valence-electron chi connectivity index (χ3n) is 9.51. The largest absolute Gasteiger partial charge is 0.310 e. The normalized spacial score (nSPS) is 15.6. The van der Waals surface area contributed by atoms with Crippen LogP contribution in [0.4, 0.5) is 17.1 Å². The van der Waals surface area contributed by atoms with E-state index in [2.05, 4.69) is 149 Å². The van der Waals surface area contributed by atoms with Gasteiger partial charge in [0.1, 0.15) is 0 Å². The van der Waals surface area contributed by atoms with Crippen LogP contribution >= 0.6 is 25.6 Å². The fourth-order valence-corrected chi connectivity index (χ4v) is 7.04. The molecule has 8 heteroatoms. The molecule has 8 rings (SSSR count). The Labute approximate surface area is 318 Å². The van der Waals surface area contributed by atoms with Crippen molar-refractivity contribution in [1.82, 2.24) is 0 Å². The van der Waals surface area contributed by atoms with Crippen LogP contribution < -0.4 is 4.90 Å². The minimum absolute atomic E-state index is 0.324. The lowest BCUT2D eigenvalue weighted by atomic mass is 9.96. The zero-order valence-electron chi connectivity index (χ0n) is 28.2. The number of benzene rings is 6. The summed E-state index contributed by atoms with van der Waals surface area (Å²) in [5, 5.41) is 30.1. The molecule has 2 N–H and O–H groups in total. The first kappa shape index (κ1) is 33.6. The summed E-state index contributed by atoms with van der Waals surface area (Å²) in [5.74, 6) is 0. The van der Waals surface area contributed by atoms with Crippen molar-refractivity contribution in [1.29, 1.82) is 16.1 Å². The molecule has 0 unspecified atom stereocenters.